The first-order valence-electron chi connectivity index (χ1n) is 5.50. The Bertz CT molecular complexity index is 348. The SMILES string of the molecule is CN1CCC(c2cccc(CC=O)c2)C1. The molecule has 2 heteroatoms. The fourth-order valence-corrected chi connectivity index (χ4v) is 2.28. The van der Waals surface area contributed by atoms with Crippen LogP contribution >= 0.6 is 0 Å². The number of aldehydes is 1. The van der Waals surface area contributed by atoms with Gasteiger partial charge in [-0.1, -0.05) is 24.3 Å². The maximum absolute atomic E-state index is 10.5. The standard InChI is InChI=1S/C13H17NO/c1-14-7-5-13(10-14)12-4-2-3-11(9-12)6-8-15/h2-4,8-9,13H,5-7,10H2,1H3. The third kappa shape index (κ3) is 2.45. The summed E-state index contributed by atoms with van der Waals surface area (Å²) in [6.07, 6.45) is 2.75. The van der Waals surface area contributed by atoms with Crippen molar-refractivity contribution in [1.82, 2.24) is 4.90 Å². The summed E-state index contributed by atoms with van der Waals surface area (Å²) in [7, 11) is 2.16. The second-order valence-corrected chi connectivity index (χ2v) is 4.36. The Hall–Kier alpha value is -1.15. The molecule has 1 aliphatic heterocycles. The Kier molecular flexibility index (Phi) is 3.17. The minimum absolute atomic E-state index is 0.538. The highest BCUT2D eigenvalue weighted by Gasteiger charge is 2.20. The Morgan fingerprint density at radius 2 is 2.40 bits per heavy atom. The Morgan fingerprint density at radius 1 is 1.53 bits per heavy atom. The number of carbonyl (C=O) groups is 1. The second kappa shape index (κ2) is 4.58. The van der Waals surface area contributed by atoms with E-state index in [2.05, 4.69) is 30.1 Å². The lowest BCUT2D eigenvalue weighted by molar-refractivity contribution is -0.107. The zero-order valence-electron chi connectivity index (χ0n) is 9.15. The third-order valence-corrected chi connectivity index (χ3v) is 3.13. The van der Waals surface area contributed by atoms with Gasteiger partial charge in [-0.2, -0.15) is 0 Å². The zero-order valence-corrected chi connectivity index (χ0v) is 9.15. The molecule has 80 valence electrons. The zero-order chi connectivity index (χ0) is 10.7. The van der Waals surface area contributed by atoms with Gasteiger partial charge in [0.15, 0.2) is 0 Å². The molecule has 0 amide bonds. The van der Waals surface area contributed by atoms with Gasteiger partial charge in [-0.05, 0) is 37.1 Å². The summed E-state index contributed by atoms with van der Waals surface area (Å²) in [6.45, 7) is 2.33. The molecule has 0 bridgehead atoms. The van der Waals surface area contributed by atoms with E-state index in [1.165, 1.54) is 18.5 Å². The average Bonchev–Trinajstić information content (AvgIpc) is 2.66. The van der Waals surface area contributed by atoms with Crippen molar-refractivity contribution in [2.75, 3.05) is 20.1 Å². The van der Waals surface area contributed by atoms with Crippen LogP contribution < -0.4 is 0 Å². The first kappa shape index (κ1) is 10.4. The van der Waals surface area contributed by atoms with Crippen LogP contribution in [-0.2, 0) is 11.2 Å². The van der Waals surface area contributed by atoms with Gasteiger partial charge in [0.2, 0.25) is 0 Å². The van der Waals surface area contributed by atoms with Crippen molar-refractivity contribution in [3.63, 3.8) is 0 Å². The van der Waals surface area contributed by atoms with Crippen molar-refractivity contribution in [3.8, 4) is 0 Å². The molecule has 1 aromatic carbocycles. The van der Waals surface area contributed by atoms with E-state index in [4.69, 9.17) is 0 Å². The van der Waals surface area contributed by atoms with Gasteiger partial charge in [-0.25, -0.2) is 0 Å². The summed E-state index contributed by atoms with van der Waals surface area (Å²) in [6, 6.07) is 8.44. The molecule has 0 radical (unpaired) electrons. The third-order valence-electron chi connectivity index (χ3n) is 3.13. The smallest absolute Gasteiger partial charge is 0.124 e. The normalized spacial score (nSPS) is 21.8. The fourth-order valence-electron chi connectivity index (χ4n) is 2.28. The number of nitrogens with zero attached hydrogens (tertiary/aromatic N) is 1. The largest absolute Gasteiger partial charge is 0.306 e. The molecule has 1 fully saturated rings. The first-order chi connectivity index (χ1) is 7.29. The van der Waals surface area contributed by atoms with Crippen LogP contribution in [0.2, 0.25) is 0 Å². The Balaban J connectivity index is 2.13. The molecule has 0 N–H and O–H groups in total. The number of hydrogen-bond donors (Lipinski definition) is 0. The number of likely N-dealkylation sites (tertiary alicyclic amines) is 1. The number of benzene rings is 1. The average molecular weight is 203 g/mol. The van der Waals surface area contributed by atoms with Crippen LogP contribution in [0, 0.1) is 0 Å². The number of likely N-dealkylation sites (N-methyl/N-ethyl adjacent to an activating group) is 1. The summed E-state index contributed by atoms with van der Waals surface area (Å²) in [5.41, 5.74) is 2.52. The van der Waals surface area contributed by atoms with Crippen LogP contribution in [-0.4, -0.2) is 31.3 Å². The maximum Gasteiger partial charge on any atom is 0.124 e. The molecule has 2 rings (SSSR count). The van der Waals surface area contributed by atoms with Gasteiger partial charge < -0.3 is 9.69 Å². The Morgan fingerprint density at radius 3 is 3.07 bits per heavy atom. The molecule has 1 aromatic rings. The van der Waals surface area contributed by atoms with Crippen molar-refractivity contribution < 1.29 is 4.79 Å². The van der Waals surface area contributed by atoms with Gasteiger partial charge in [0.25, 0.3) is 0 Å². The fraction of sp³-hybridized carbons (Fsp3) is 0.462. The number of rotatable bonds is 3. The molecular weight excluding hydrogens is 186 g/mol. The van der Waals surface area contributed by atoms with E-state index in [1.807, 2.05) is 6.07 Å². The van der Waals surface area contributed by atoms with E-state index in [0.29, 0.717) is 12.3 Å². The second-order valence-electron chi connectivity index (χ2n) is 4.36. The molecular formula is C13H17NO. The van der Waals surface area contributed by atoms with Gasteiger partial charge in [0, 0.05) is 13.0 Å². The summed E-state index contributed by atoms with van der Waals surface area (Å²) in [5, 5.41) is 0. The maximum atomic E-state index is 10.5. The number of hydrogen-bond acceptors (Lipinski definition) is 2. The molecule has 0 spiro atoms. The summed E-state index contributed by atoms with van der Waals surface area (Å²) >= 11 is 0. The highest BCUT2D eigenvalue weighted by molar-refractivity contribution is 5.55. The highest BCUT2D eigenvalue weighted by Crippen LogP contribution is 2.26. The monoisotopic (exact) mass is 203 g/mol. The van der Waals surface area contributed by atoms with E-state index in [-0.39, 0.29) is 0 Å². The van der Waals surface area contributed by atoms with E-state index >= 15 is 0 Å². The van der Waals surface area contributed by atoms with Crippen molar-refractivity contribution in [2.45, 2.75) is 18.8 Å². The van der Waals surface area contributed by atoms with Gasteiger partial charge >= 0.3 is 0 Å². The van der Waals surface area contributed by atoms with E-state index in [1.54, 1.807) is 0 Å². The molecule has 0 aliphatic carbocycles. The molecule has 2 nitrogen and oxygen atoms in total. The van der Waals surface area contributed by atoms with Crippen LogP contribution in [0.15, 0.2) is 24.3 Å². The van der Waals surface area contributed by atoms with Crippen molar-refractivity contribution in [1.29, 1.82) is 0 Å². The van der Waals surface area contributed by atoms with Crippen molar-refractivity contribution >= 4 is 6.29 Å². The lowest BCUT2D eigenvalue weighted by atomic mass is 9.96. The lowest BCUT2D eigenvalue weighted by Gasteiger charge is -2.11. The van der Waals surface area contributed by atoms with Crippen LogP contribution in [0.4, 0.5) is 0 Å². The minimum Gasteiger partial charge on any atom is -0.306 e. The van der Waals surface area contributed by atoms with E-state index < -0.39 is 0 Å². The van der Waals surface area contributed by atoms with Gasteiger partial charge in [0.05, 0.1) is 0 Å². The first-order valence-corrected chi connectivity index (χ1v) is 5.50. The molecule has 1 unspecified atom stereocenters. The van der Waals surface area contributed by atoms with Crippen molar-refractivity contribution in [3.05, 3.63) is 35.4 Å². The predicted octanol–water partition coefficient (Wildman–Crippen LogP) is 1.85. The van der Waals surface area contributed by atoms with Gasteiger partial charge in [0.1, 0.15) is 6.29 Å². The van der Waals surface area contributed by atoms with Crippen molar-refractivity contribution in [2.24, 2.45) is 0 Å². The molecule has 1 saturated heterocycles. The predicted molar refractivity (Wildman–Crippen MR) is 61.1 cm³/mol. The molecule has 1 aliphatic rings. The minimum atomic E-state index is 0.538. The topological polar surface area (TPSA) is 20.3 Å². The summed E-state index contributed by atoms with van der Waals surface area (Å²) < 4.78 is 0. The van der Waals surface area contributed by atoms with Crippen LogP contribution in [0.3, 0.4) is 0 Å². The lowest BCUT2D eigenvalue weighted by Crippen LogP contribution is -2.13. The summed E-state index contributed by atoms with van der Waals surface area (Å²) in [4.78, 5) is 12.8. The van der Waals surface area contributed by atoms with E-state index in [0.717, 1.165) is 18.4 Å². The Labute approximate surface area is 90.9 Å². The highest BCUT2D eigenvalue weighted by atomic mass is 16.1. The number of carbonyl (C=O) groups excluding carboxylic acids is 1. The van der Waals surface area contributed by atoms with E-state index in [9.17, 15) is 4.79 Å². The molecule has 1 heterocycles. The van der Waals surface area contributed by atoms with Crippen LogP contribution in [0.5, 0.6) is 0 Å². The molecule has 0 aromatic heterocycles. The summed E-state index contributed by atoms with van der Waals surface area (Å²) in [5.74, 6) is 0.654. The van der Waals surface area contributed by atoms with Crippen LogP contribution in [0.25, 0.3) is 0 Å². The van der Waals surface area contributed by atoms with Crippen LogP contribution in [0.1, 0.15) is 23.5 Å². The molecule has 15 heavy (non-hydrogen) atoms. The molecule has 0 saturated carbocycles. The van der Waals surface area contributed by atoms with Gasteiger partial charge in [-0.3, -0.25) is 0 Å². The van der Waals surface area contributed by atoms with Gasteiger partial charge in [-0.15, -0.1) is 0 Å². The quantitative estimate of drug-likeness (QED) is 0.699. The molecule has 1 atom stereocenters.